The Morgan fingerprint density at radius 1 is 1.07 bits per heavy atom. The Hall–Kier alpha value is -2.88. The molecule has 0 bridgehead atoms. The van der Waals surface area contributed by atoms with E-state index in [1.54, 1.807) is 31.2 Å². The van der Waals surface area contributed by atoms with Crippen molar-refractivity contribution in [3.8, 4) is 5.75 Å². The number of esters is 1. The molecular formula is C25H27FO3. The van der Waals surface area contributed by atoms with E-state index in [4.69, 9.17) is 4.74 Å². The third-order valence-corrected chi connectivity index (χ3v) is 5.18. The zero-order valence-electron chi connectivity index (χ0n) is 16.8. The SMILES string of the molecule is CCOC(=O)C=Cc1ccc(C(=C2CCCCCC2)c2ccc(O)cc2)c(F)c1. The molecule has 0 heterocycles. The number of hydrogen-bond donors (Lipinski definition) is 1. The first-order valence-electron chi connectivity index (χ1n) is 10.2. The number of phenols is 1. The van der Waals surface area contributed by atoms with Gasteiger partial charge in [-0.2, -0.15) is 0 Å². The van der Waals surface area contributed by atoms with Gasteiger partial charge < -0.3 is 9.84 Å². The van der Waals surface area contributed by atoms with Crippen LogP contribution in [0, 0.1) is 5.82 Å². The fourth-order valence-corrected chi connectivity index (χ4v) is 3.78. The Balaban J connectivity index is 2.01. The van der Waals surface area contributed by atoms with Crippen molar-refractivity contribution >= 4 is 17.6 Å². The second kappa shape index (κ2) is 10.1. The van der Waals surface area contributed by atoms with Crippen molar-refractivity contribution in [3.63, 3.8) is 0 Å². The smallest absolute Gasteiger partial charge is 0.330 e. The molecule has 4 heteroatoms. The number of carbonyl (C=O) groups excluding carboxylic acids is 1. The van der Waals surface area contributed by atoms with Gasteiger partial charge in [-0.1, -0.05) is 42.7 Å². The van der Waals surface area contributed by atoms with Gasteiger partial charge in [0.1, 0.15) is 11.6 Å². The molecule has 2 aromatic rings. The van der Waals surface area contributed by atoms with E-state index in [2.05, 4.69) is 0 Å². The summed E-state index contributed by atoms with van der Waals surface area (Å²) in [7, 11) is 0. The molecule has 0 atom stereocenters. The first-order valence-corrected chi connectivity index (χ1v) is 10.2. The summed E-state index contributed by atoms with van der Waals surface area (Å²) in [5.74, 6) is -0.572. The molecule has 3 rings (SSSR count). The van der Waals surface area contributed by atoms with Crippen LogP contribution >= 0.6 is 0 Å². The molecule has 0 unspecified atom stereocenters. The van der Waals surface area contributed by atoms with E-state index in [0.717, 1.165) is 36.8 Å². The lowest BCUT2D eigenvalue weighted by molar-refractivity contribution is -0.137. The van der Waals surface area contributed by atoms with E-state index in [1.165, 1.54) is 30.6 Å². The van der Waals surface area contributed by atoms with Crippen molar-refractivity contribution in [1.29, 1.82) is 0 Å². The normalized spacial score (nSPS) is 14.6. The number of ether oxygens (including phenoxy) is 1. The summed E-state index contributed by atoms with van der Waals surface area (Å²) >= 11 is 0. The number of allylic oxidation sites excluding steroid dienone is 1. The van der Waals surface area contributed by atoms with Gasteiger partial charge >= 0.3 is 5.97 Å². The second-order valence-electron chi connectivity index (χ2n) is 7.26. The molecule has 1 aliphatic rings. The van der Waals surface area contributed by atoms with Crippen molar-refractivity contribution in [3.05, 3.63) is 76.6 Å². The lowest BCUT2D eigenvalue weighted by Gasteiger charge is -2.16. The third-order valence-electron chi connectivity index (χ3n) is 5.18. The van der Waals surface area contributed by atoms with Gasteiger partial charge in [0.15, 0.2) is 0 Å². The van der Waals surface area contributed by atoms with Gasteiger partial charge in [0.2, 0.25) is 0 Å². The number of aromatic hydroxyl groups is 1. The highest BCUT2D eigenvalue weighted by Gasteiger charge is 2.17. The monoisotopic (exact) mass is 394 g/mol. The van der Waals surface area contributed by atoms with Crippen molar-refractivity contribution in [2.45, 2.75) is 45.4 Å². The summed E-state index contributed by atoms with van der Waals surface area (Å²) in [5, 5.41) is 9.66. The van der Waals surface area contributed by atoms with Crippen LogP contribution < -0.4 is 0 Å². The summed E-state index contributed by atoms with van der Waals surface area (Å²) in [6.07, 6.45) is 9.41. The van der Waals surface area contributed by atoms with Crippen LogP contribution in [0.4, 0.5) is 4.39 Å². The average Bonchev–Trinajstić information content (AvgIpc) is 2.99. The van der Waals surface area contributed by atoms with E-state index in [9.17, 15) is 9.90 Å². The van der Waals surface area contributed by atoms with Crippen molar-refractivity contribution in [2.24, 2.45) is 0 Å². The van der Waals surface area contributed by atoms with Gasteiger partial charge in [-0.05, 0) is 73.6 Å². The van der Waals surface area contributed by atoms with Crippen LogP contribution in [0.1, 0.15) is 62.1 Å². The molecule has 0 saturated heterocycles. The minimum atomic E-state index is -0.442. The molecule has 1 N–H and O–H groups in total. The van der Waals surface area contributed by atoms with E-state index in [0.29, 0.717) is 17.7 Å². The number of benzene rings is 2. The van der Waals surface area contributed by atoms with E-state index >= 15 is 4.39 Å². The summed E-state index contributed by atoms with van der Waals surface area (Å²) < 4.78 is 20.0. The van der Waals surface area contributed by atoms with Crippen LogP contribution in [0.25, 0.3) is 11.6 Å². The van der Waals surface area contributed by atoms with Crippen molar-refractivity contribution < 1.29 is 19.0 Å². The number of carbonyl (C=O) groups is 1. The highest BCUT2D eigenvalue weighted by molar-refractivity contribution is 5.87. The minimum absolute atomic E-state index is 0.193. The van der Waals surface area contributed by atoms with Crippen LogP contribution in [-0.2, 0) is 9.53 Å². The quantitative estimate of drug-likeness (QED) is 0.370. The van der Waals surface area contributed by atoms with Gasteiger partial charge in [-0.25, -0.2) is 9.18 Å². The average molecular weight is 394 g/mol. The lowest BCUT2D eigenvalue weighted by Crippen LogP contribution is -1.99. The first kappa shape index (κ1) is 20.8. The van der Waals surface area contributed by atoms with Crippen LogP contribution in [0.5, 0.6) is 5.75 Å². The van der Waals surface area contributed by atoms with E-state index in [1.807, 2.05) is 18.2 Å². The number of phenolic OH excluding ortho intramolecular Hbond substituents is 1. The maximum atomic E-state index is 15.2. The van der Waals surface area contributed by atoms with Gasteiger partial charge in [0.05, 0.1) is 6.61 Å². The fraction of sp³-hybridized carbons (Fsp3) is 0.320. The van der Waals surface area contributed by atoms with E-state index < -0.39 is 5.97 Å². The Morgan fingerprint density at radius 3 is 2.38 bits per heavy atom. The summed E-state index contributed by atoms with van der Waals surface area (Å²) in [6, 6.07) is 12.0. The second-order valence-corrected chi connectivity index (χ2v) is 7.26. The summed E-state index contributed by atoms with van der Waals surface area (Å²) in [6.45, 7) is 2.05. The van der Waals surface area contributed by atoms with Crippen molar-refractivity contribution in [2.75, 3.05) is 6.61 Å². The standard InChI is InChI=1S/C25H27FO3/c1-2-29-24(28)16-10-18-9-15-22(23(26)17-18)25(19-7-5-3-4-6-8-19)20-11-13-21(27)14-12-20/h9-17,27H,2-8H2,1H3. The number of rotatable bonds is 5. The maximum absolute atomic E-state index is 15.2. The highest BCUT2D eigenvalue weighted by atomic mass is 19.1. The van der Waals surface area contributed by atoms with Crippen LogP contribution in [-0.4, -0.2) is 17.7 Å². The van der Waals surface area contributed by atoms with E-state index in [-0.39, 0.29) is 11.6 Å². The molecule has 1 fully saturated rings. The zero-order chi connectivity index (χ0) is 20.6. The first-order chi connectivity index (χ1) is 14.1. The molecule has 0 amide bonds. The van der Waals surface area contributed by atoms with Gasteiger partial charge in [0.25, 0.3) is 0 Å². The maximum Gasteiger partial charge on any atom is 0.330 e. The number of halogens is 1. The largest absolute Gasteiger partial charge is 0.508 e. The Bertz CT molecular complexity index is 900. The Kier molecular flexibility index (Phi) is 7.23. The molecular weight excluding hydrogens is 367 g/mol. The van der Waals surface area contributed by atoms with Gasteiger partial charge in [0, 0.05) is 11.6 Å². The number of hydrogen-bond acceptors (Lipinski definition) is 3. The van der Waals surface area contributed by atoms with Crippen molar-refractivity contribution in [1.82, 2.24) is 0 Å². The predicted octanol–water partition coefficient (Wildman–Crippen LogP) is 6.26. The summed E-state index contributed by atoms with van der Waals surface area (Å²) in [5.41, 5.74) is 4.26. The molecule has 2 aromatic carbocycles. The molecule has 1 aliphatic carbocycles. The minimum Gasteiger partial charge on any atom is -0.508 e. The van der Waals surface area contributed by atoms with Crippen LogP contribution in [0.3, 0.4) is 0 Å². The van der Waals surface area contributed by atoms with Gasteiger partial charge in [-0.3, -0.25) is 0 Å². The topological polar surface area (TPSA) is 46.5 Å². The molecule has 0 aromatic heterocycles. The van der Waals surface area contributed by atoms with Crippen LogP contribution in [0.15, 0.2) is 54.1 Å². The van der Waals surface area contributed by atoms with Crippen LogP contribution in [0.2, 0.25) is 0 Å². The molecule has 0 spiro atoms. The zero-order valence-corrected chi connectivity index (χ0v) is 16.8. The molecule has 0 radical (unpaired) electrons. The molecule has 0 aliphatic heterocycles. The molecule has 152 valence electrons. The molecule has 1 saturated carbocycles. The Labute approximate surface area is 171 Å². The molecule has 29 heavy (non-hydrogen) atoms. The van der Waals surface area contributed by atoms with Gasteiger partial charge in [-0.15, -0.1) is 0 Å². The lowest BCUT2D eigenvalue weighted by atomic mass is 9.89. The summed E-state index contributed by atoms with van der Waals surface area (Å²) in [4.78, 5) is 11.5. The fourth-order valence-electron chi connectivity index (χ4n) is 3.78. The predicted molar refractivity (Wildman–Crippen MR) is 114 cm³/mol. The highest BCUT2D eigenvalue weighted by Crippen LogP contribution is 2.36. The molecule has 3 nitrogen and oxygen atoms in total. The Morgan fingerprint density at radius 2 is 1.76 bits per heavy atom. The third kappa shape index (κ3) is 5.57.